The van der Waals surface area contributed by atoms with E-state index in [1.54, 1.807) is 18.2 Å². The van der Waals surface area contributed by atoms with Crippen LogP contribution in [0.5, 0.6) is 0 Å². The smallest absolute Gasteiger partial charge is 0.167 e. The summed E-state index contributed by atoms with van der Waals surface area (Å²) in [5, 5.41) is 0.523. The Morgan fingerprint density at radius 2 is 2.33 bits per heavy atom. The normalized spacial score (nSPS) is 16.1. The summed E-state index contributed by atoms with van der Waals surface area (Å²) in [5.41, 5.74) is 0.651. The number of rotatable bonds is 2. The van der Waals surface area contributed by atoms with E-state index in [1.165, 1.54) is 0 Å². The minimum absolute atomic E-state index is 0.189. The van der Waals surface area contributed by atoms with E-state index in [2.05, 4.69) is 6.07 Å². The van der Waals surface area contributed by atoms with Crippen LogP contribution >= 0.6 is 11.6 Å². The first kappa shape index (κ1) is 7.81. The van der Waals surface area contributed by atoms with Gasteiger partial charge >= 0.3 is 0 Å². The first-order valence-corrected chi connectivity index (χ1v) is 4.36. The molecule has 1 aromatic carbocycles. The predicted octanol–water partition coefficient (Wildman–Crippen LogP) is 2.73. The minimum atomic E-state index is 0.189. The fourth-order valence-corrected chi connectivity index (χ4v) is 1.39. The van der Waals surface area contributed by atoms with Gasteiger partial charge in [-0.2, -0.15) is 0 Å². The zero-order chi connectivity index (χ0) is 8.55. The lowest BCUT2D eigenvalue weighted by atomic mass is 10.1. The highest BCUT2D eigenvalue weighted by atomic mass is 35.5. The maximum atomic E-state index is 11.5. The van der Waals surface area contributed by atoms with Gasteiger partial charge in [0.2, 0.25) is 0 Å². The van der Waals surface area contributed by atoms with Crippen molar-refractivity contribution in [3.05, 3.63) is 34.9 Å². The van der Waals surface area contributed by atoms with Crippen molar-refractivity contribution in [3.63, 3.8) is 0 Å². The number of carbonyl (C=O) groups excluding carboxylic acids is 1. The van der Waals surface area contributed by atoms with Crippen molar-refractivity contribution in [1.82, 2.24) is 0 Å². The summed E-state index contributed by atoms with van der Waals surface area (Å²) in [6.07, 6.45) is 2.04. The standard InChI is InChI=1S/C10H8ClO/c11-9-4-2-1-3-8(9)10(12)7-5-6-7/h1,3-4,7H,5-6H2. The summed E-state index contributed by atoms with van der Waals surface area (Å²) in [7, 11) is 0. The third-order valence-electron chi connectivity index (χ3n) is 2.03. The van der Waals surface area contributed by atoms with Crippen molar-refractivity contribution in [2.75, 3.05) is 0 Å². The van der Waals surface area contributed by atoms with Crippen LogP contribution in [-0.2, 0) is 0 Å². The molecule has 1 aromatic rings. The summed E-state index contributed by atoms with van der Waals surface area (Å²) in [5.74, 6) is 0.430. The topological polar surface area (TPSA) is 17.1 Å². The molecule has 0 heterocycles. The quantitative estimate of drug-likeness (QED) is 0.638. The van der Waals surface area contributed by atoms with Gasteiger partial charge in [0.25, 0.3) is 0 Å². The van der Waals surface area contributed by atoms with Gasteiger partial charge in [-0.3, -0.25) is 4.79 Å². The van der Waals surface area contributed by atoms with Crippen LogP contribution in [0.1, 0.15) is 23.2 Å². The molecular weight excluding hydrogens is 172 g/mol. The molecule has 0 N–H and O–H groups in total. The zero-order valence-corrected chi connectivity index (χ0v) is 7.27. The van der Waals surface area contributed by atoms with Crippen LogP contribution < -0.4 is 0 Å². The van der Waals surface area contributed by atoms with Crippen LogP contribution in [0, 0.1) is 12.0 Å². The van der Waals surface area contributed by atoms with E-state index in [-0.39, 0.29) is 11.7 Å². The van der Waals surface area contributed by atoms with Gasteiger partial charge < -0.3 is 0 Å². The molecule has 0 amide bonds. The Bertz CT molecular complexity index is 315. The average molecular weight is 180 g/mol. The van der Waals surface area contributed by atoms with Crippen LogP contribution in [-0.4, -0.2) is 5.78 Å². The molecule has 1 aliphatic rings. The summed E-state index contributed by atoms with van der Waals surface area (Å²) in [4.78, 5) is 11.5. The van der Waals surface area contributed by atoms with Crippen molar-refractivity contribution in [1.29, 1.82) is 0 Å². The maximum Gasteiger partial charge on any atom is 0.167 e. The molecule has 1 saturated carbocycles. The van der Waals surface area contributed by atoms with Gasteiger partial charge in [-0.25, -0.2) is 0 Å². The second-order valence-corrected chi connectivity index (χ2v) is 3.45. The molecule has 0 saturated heterocycles. The summed E-state index contributed by atoms with van der Waals surface area (Å²) in [6.45, 7) is 0. The molecule has 12 heavy (non-hydrogen) atoms. The number of benzene rings is 1. The van der Waals surface area contributed by atoms with Gasteiger partial charge in [0.05, 0.1) is 5.02 Å². The Morgan fingerprint density at radius 3 is 2.92 bits per heavy atom. The Hall–Kier alpha value is -0.820. The lowest BCUT2D eigenvalue weighted by Crippen LogP contribution is -2.01. The van der Waals surface area contributed by atoms with Crippen molar-refractivity contribution in [3.8, 4) is 0 Å². The largest absolute Gasteiger partial charge is 0.294 e. The molecular formula is C10H8ClO. The van der Waals surface area contributed by atoms with Gasteiger partial charge in [-0.05, 0) is 31.0 Å². The monoisotopic (exact) mass is 179 g/mol. The Kier molecular flexibility index (Phi) is 1.89. The van der Waals surface area contributed by atoms with Crippen LogP contribution in [0.15, 0.2) is 18.2 Å². The molecule has 0 spiro atoms. The molecule has 1 radical (unpaired) electrons. The third-order valence-corrected chi connectivity index (χ3v) is 2.34. The van der Waals surface area contributed by atoms with Gasteiger partial charge in [0, 0.05) is 11.5 Å². The minimum Gasteiger partial charge on any atom is -0.294 e. The predicted molar refractivity (Wildman–Crippen MR) is 47.3 cm³/mol. The van der Waals surface area contributed by atoms with Gasteiger partial charge in [0.1, 0.15) is 0 Å². The summed E-state index contributed by atoms with van der Waals surface area (Å²) in [6, 6.07) is 7.93. The second-order valence-electron chi connectivity index (χ2n) is 3.04. The molecule has 0 aliphatic heterocycles. The van der Waals surface area contributed by atoms with Crippen LogP contribution in [0.25, 0.3) is 0 Å². The fraction of sp³-hybridized carbons (Fsp3) is 0.300. The maximum absolute atomic E-state index is 11.5. The van der Waals surface area contributed by atoms with Crippen molar-refractivity contribution in [2.24, 2.45) is 5.92 Å². The average Bonchev–Trinajstić information content (AvgIpc) is 2.86. The molecule has 0 aromatic heterocycles. The fourth-order valence-electron chi connectivity index (χ4n) is 1.18. The van der Waals surface area contributed by atoms with Gasteiger partial charge in [0.15, 0.2) is 5.78 Å². The molecule has 0 unspecified atom stereocenters. The van der Waals surface area contributed by atoms with E-state index in [1.807, 2.05) is 0 Å². The summed E-state index contributed by atoms with van der Waals surface area (Å²) < 4.78 is 0. The second kappa shape index (κ2) is 2.91. The summed E-state index contributed by atoms with van der Waals surface area (Å²) >= 11 is 5.84. The third kappa shape index (κ3) is 1.37. The molecule has 1 aliphatic carbocycles. The lowest BCUT2D eigenvalue weighted by molar-refractivity contribution is 0.0968. The number of carbonyl (C=O) groups is 1. The first-order valence-electron chi connectivity index (χ1n) is 3.99. The van der Waals surface area contributed by atoms with E-state index in [9.17, 15) is 4.79 Å². The van der Waals surface area contributed by atoms with Crippen molar-refractivity contribution in [2.45, 2.75) is 12.8 Å². The molecule has 2 heteroatoms. The molecule has 0 atom stereocenters. The Labute approximate surface area is 76.4 Å². The van der Waals surface area contributed by atoms with Crippen LogP contribution in [0.2, 0.25) is 5.02 Å². The highest BCUT2D eigenvalue weighted by molar-refractivity contribution is 6.34. The molecule has 0 bridgehead atoms. The number of hydrogen-bond donors (Lipinski definition) is 0. The van der Waals surface area contributed by atoms with Crippen molar-refractivity contribution >= 4 is 17.4 Å². The highest BCUT2D eigenvalue weighted by Crippen LogP contribution is 2.34. The zero-order valence-electron chi connectivity index (χ0n) is 6.51. The van der Waals surface area contributed by atoms with Crippen LogP contribution in [0.4, 0.5) is 0 Å². The lowest BCUT2D eigenvalue weighted by Gasteiger charge is -1.99. The van der Waals surface area contributed by atoms with E-state index < -0.39 is 0 Å². The number of ketones is 1. The molecule has 61 valence electrons. The number of hydrogen-bond acceptors (Lipinski definition) is 1. The Balaban J connectivity index is 2.32. The Morgan fingerprint density at radius 1 is 1.58 bits per heavy atom. The van der Waals surface area contributed by atoms with Crippen LogP contribution in [0.3, 0.4) is 0 Å². The van der Waals surface area contributed by atoms with E-state index in [4.69, 9.17) is 11.6 Å². The molecule has 1 nitrogen and oxygen atoms in total. The first-order chi connectivity index (χ1) is 5.79. The van der Waals surface area contributed by atoms with E-state index >= 15 is 0 Å². The van der Waals surface area contributed by atoms with Gasteiger partial charge in [-0.1, -0.05) is 17.7 Å². The van der Waals surface area contributed by atoms with E-state index in [0.717, 1.165) is 12.8 Å². The number of halogens is 1. The van der Waals surface area contributed by atoms with Gasteiger partial charge in [-0.15, -0.1) is 0 Å². The molecule has 1 fully saturated rings. The SMILES string of the molecule is O=C(c1cc[c]cc1Cl)C1CC1. The number of Topliss-reactive ketones (excluding diaryl/α,β-unsaturated/α-hetero) is 1. The highest BCUT2D eigenvalue weighted by Gasteiger charge is 2.31. The molecule has 2 rings (SSSR count). The van der Waals surface area contributed by atoms with E-state index in [0.29, 0.717) is 10.6 Å². The van der Waals surface area contributed by atoms with Crippen molar-refractivity contribution < 1.29 is 4.79 Å².